The molecular weight excluding hydrogens is 168 g/mol. The van der Waals surface area contributed by atoms with E-state index in [0.717, 1.165) is 19.3 Å². The summed E-state index contributed by atoms with van der Waals surface area (Å²) in [6.45, 7) is 0. The largest absolute Gasteiger partial charge is 0.373 e. The summed E-state index contributed by atoms with van der Waals surface area (Å²) in [5.74, 6) is -0.177. The van der Waals surface area contributed by atoms with E-state index in [1.165, 1.54) is 0 Å². The number of hydrogen-bond acceptors (Lipinski definition) is 3. The molecule has 0 aromatic heterocycles. The van der Waals surface area contributed by atoms with Crippen LogP contribution < -0.4 is 5.32 Å². The van der Waals surface area contributed by atoms with Gasteiger partial charge in [-0.05, 0) is 19.3 Å². The number of nitrogens with one attached hydrogen (secondary N) is 1. The molecule has 0 radical (unpaired) electrons. The van der Waals surface area contributed by atoms with Gasteiger partial charge in [0, 0.05) is 0 Å². The minimum absolute atomic E-state index is 0.0477. The van der Waals surface area contributed by atoms with Crippen LogP contribution in [0.25, 0.3) is 0 Å². The highest BCUT2D eigenvalue weighted by atomic mass is 16.5. The molecule has 2 aliphatic heterocycles. The molecule has 1 amide bonds. The number of nitriles is 1. The Morgan fingerprint density at radius 1 is 1.62 bits per heavy atom. The quantitative estimate of drug-likeness (QED) is 0.666. The Morgan fingerprint density at radius 2 is 2.46 bits per heavy atom. The molecule has 2 bridgehead atoms. The molecule has 0 aromatic rings. The summed E-state index contributed by atoms with van der Waals surface area (Å²) in [7, 11) is 0. The Morgan fingerprint density at radius 3 is 3.00 bits per heavy atom. The first-order chi connectivity index (χ1) is 6.29. The second-order valence-electron chi connectivity index (χ2n) is 3.62. The lowest BCUT2D eigenvalue weighted by Crippen LogP contribution is -2.41. The Hall–Kier alpha value is -1.08. The van der Waals surface area contributed by atoms with Crippen molar-refractivity contribution in [2.45, 2.75) is 43.9 Å². The van der Waals surface area contributed by atoms with E-state index in [-0.39, 0.29) is 24.5 Å². The van der Waals surface area contributed by atoms with E-state index in [1.807, 2.05) is 6.07 Å². The summed E-state index contributed by atoms with van der Waals surface area (Å²) < 4.78 is 5.57. The summed E-state index contributed by atoms with van der Waals surface area (Å²) >= 11 is 0. The van der Waals surface area contributed by atoms with E-state index in [2.05, 4.69) is 5.32 Å². The fourth-order valence-electron chi connectivity index (χ4n) is 2.12. The normalized spacial score (nSPS) is 35.8. The van der Waals surface area contributed by atoms with Crippen molar-refractivity contribution in [3.63, 3.8) is 0 Å². The molecule has 2 rings (SSSR count). The van der Waals surface area contributed by atoms with Gasteiger partial charge >= 0.3 is 0 Å². The van der Waals surface area contributed by atoms with Gasteiger partial charge in [0.25, 0.3) is 0 Å². The Kier molecular flexibility index (Phi) is 2.19. The van der Waals surface area contributed by atoms with E-state index < -0.39 is 0 Å². The molecule has 13 heavy (non-hydrogen) atoms. The number of nitrogens with zero attached hydrogens (tertiary/aromatic N) is 1. The van der Waals surface area contributed by atoms with E-state index in [0.29, 0.717) is 6.10 Å². The van der Waals surface area contributed by atoms with Crippen molar-refractivity contribution in [1.29, 1.82) is 5.26 Å². The van der Waals surface area contributed by atoms with Crippen molar-refractivity contribution < 1.29 is 9.53 Å². The Labute approximate surface area is 76.9 Å². The van der Waals surface area contributed by atoms with Crippen LogP contribution >= 0.6 is 0 Å². The van der Waals surface area contributed by atoms with Crippen molar-refractivity contribution in [3.05, 3.63) is 0 Å². The van der Waals surface area contributed by atoms with Crippen LogP contribution in [-0.4, -0.2) is 24.2 Å². The smallest absolute Gasteiger partial charge is 0.234 e. The Bertz CT molecular complexity index is 259. The first-order valence-corrected chi connectivity index (χ1v) is 4.61. The van der Waals surface area contributed by atoms with Gasteiger partial charge in [0.15, 0.2) is 0 Å². The van der Waals surface area contributed by atoms with Gasteiger partial charge in [-0.15, -0.1) is 0 Å². The van der Waals surface area contributed by atoms with Gasteiger partial charge in [0.1, 0.15) is 6.42 Å². The number of rotatable bonds is 2. The van der Waals surface area contributed by atoms with Crippen LogP contribution in [0.15, 0.2) is 0 Å². The first-order valence-electron chi connectivity index (χ1n) is 4.61. The van der Waals surface area contributed by atoms with E-state index in [1.54, 1.807) is 0 Å². The minimum Gasteiger partial charge on any atom is -0.373 e. The van der Waals surface area contributed by atoms with E-state index >= 15 is 0 Å². The van der Waals surface area contributed by atoms with Crippen LogP contribution in [0.5, 0.6) is 0 Å². The lowest BCUT2D eigenvalue weighted by Gasteiger charge is -2.19. The maximum Gasteiger partial charge on any atom is 0.234 e. The standard InChI is InChI=1S/C9H12N2O2/c10-4-3-9(12)11-7-5-6-1-2-8(7)13-6/h6-8H,1-3,5H2,(H,11,12)/t6-,7-,8+/m1/s1. The van der Waals surface area contributed by atoms with Crippen LogP contribution in [0.4, 0.5) is 0 Å². The van der Waals surface area contributed by atoms with Gasteiger partial charge in [-0.25, -0.2) is 0 Å². The number of carbonyl (C=O) groups excluding carboxylic acids is 1. The molecule has 2 fully saturated rings. The summed E-state index contributed by atoms with van der Waals surface area (Å²) in [6.07, 6.45) is 3.58. The highest BCUT2D eigenvalue weighted by molar-refractivity contribution is 5.78. The third-order valence-corrected chi connectivity index (χ3v) is 2.69. The average molecular weight is 180 g/mol. The molecule has 0 saturated carbocycles. The maximum absolute atomic E-state index is 11.1. The van der Waals surface area contributed by atoms with Crippen molar-refractivity contribution in [3.8, 4) is 6.07 Å². The fraction of sp³-hybridized carbons (Fsp3) is 0.778. The number of ether oxygens (including phenoxy) is 1. The van der Waals surface area contributed by atoms with Gasteiger partial charge in [0.2, 0.25) is 5.91 Å². The van der Waals surface area contributed by atoms with Crippen molar-refractivity contribution >= 4 is 5.91 Å². The zero-order valence-corrected chi connectivity index (χ0v) is 7.32. The number of carbonyl (C=O) groups is 1. The molecule has 0 spiro atoms. The van der Waals surface area contributed by atoms with Gasteiger partial charge in [-0.3, -0.25) is 4.79 Å². The van der Waals surface area contributed by atoms with Gasteiger partial charge in [0.05, 0.1) is 24.3 Å². The summed E-state index contributed by atoms with van der Waals surface area (Å²) in [6, 6.07) is 1.99. The number of amides is 1. The first kappa shape index (κ1) is 8.52. The molecule has 70 valence electrons. The lowest BCUT2D eigenvalue weighted by molar-refractivity contribution is -0.121. The third-order valence-electron chi connectivity index (χ3n) is 2.69. The molecule has 1 N–H and O–H groups in total. The van der Waals surface area contributed by atoms with Crippen LogP contribution in [-0.2, 0) is 9.53 Å². The second kappa shape index (κ2) is 3.35. The zero-order chi connectivity index (χ0) is 9.26. The van der Waals surface area contributed by atoms with Crippen molar-refractivity contribution in [1.82, 2.24) is 5.32 Å². The highest BCUT2D eigenvalue weighted by Gasteiger charge is 2.41. The lowest BCUT2D eigenvalue weighted by atomic mass is 9.95. The highest BCUT2D eigenvalue weighted by Crippen LogP contribution is 2.34. The number of fused-ring (bicyclic) bond motifs is 2. The molecule has 2 saturated heterocycles. The van der Waals surface area contributed by atoms with Gasteiger partial charge in [-0.2, -0.15) is 5.26 Å². The molecule has 0 aromatic carbocycles. The summed E-state index contributed by atoms with van der Waals surface area (Å²) in [5.41, 5.74) is 0. The minimum atomic E-state index is -0.177. The third kappa shape index (κ3) is 1.65. The van der Waals surface area contributed by atoms with E-state index in [4.69, 9.17) is 10.00 Å². The maximum atomic E-state index is 11.1. The second-order valence-corrected chi connectivity index (χ2v) is 3.62. The van der Waals surface area contributed by atoms with E-state index in [9.17, 15) is 4.79 Å². The molecule has 0 unspecified atom stereocenters. The van der Waals surface area contributed by atoms with Crippen molar-refractivity contribution in [2.75, 3.05) is 0 Å². The molecule has 4 nitrogen and oxygen atoms in total. The molecule has 2 heterocycles. The van der Waals surface area contributed by atoms with Crippen molar-refractivity contribution in [2.24, 2.45) is 0 Å². The zero-order valence-electron chi connectivity index (χ0n) is 7.32. The van der Waals surface area contributed by atoms with Crippen LogP contribution in [0.3, 0.4) is 0 Å². The molecular formula is C9H12N2O2. The predicted octanol–water partition coefficient (Wildman–Crippen LogP) is 0.336. The number of hydrogen-bond donors (Lipinski definition) is 1. The molecule has 2 aliphatic rings. The van der Waals surface area contributed by atoms with Gasteiger partial charge in [-0.1, -0.05) is 0 Å². The molecule has 0 aliphatic carbocycles. The fourth-order valence-corrected chi connectivity index (χ4v) is 2.12. The monoisotopic (exact) mass is 180 g/mol. The predicted molar refractivity (Wildman–Crippen MR) is 44.7 cm³/mol. The van der Waals surface area contributed by atoms with Crippen LogP contribution in [0.2, 0.25) is 0 Å². The molecule has 4 heteroatoms. The molecule has 3 atom stereocenters. The Balaban J connectivity index is 1.84. The average Bonchev–Trinajstić information content (AvgIpc) is 2.65. The van der Waals surface area contributed by atoms with Crippen LogP contribution in [0.1, 0.15) is 25.7 Å². The summed E-state index contributed by atoms with van der Waals surface area (Å²) in [4.78, 5) is 11.1. The summed E-state index contributed by atoms with van der Waals surface area (Å²) in [5, 5.41) is 11.1. The topological polar surface area (TPSA) is 62.1 Å². The van der Waals surface area contributed by atoms with Crippen LogP contribution in [0, 0.1) is 11.3 Å². The van der Waals surface area contributed by atoms with Gasteiger partial charge < -0.3 is 10.1 Å². The SMILES string of the molecule is N#CCC(=O)N[C@@H]1C[C@H]2CC[C@@H]1O2.